The number of aromatic nitrogens is 1. The summed E-state index contributed by atoms with van der Waals surface area (Å²) in [5.74, 6) is 1.42. The van der Waals surface area contributed by atoms with Crippen molar-refractivity contribution in [3.8, 4) is 5.75 Å². The maximum atomic E-state index is 12.6. The zero-order valence-corrected chi connectivity index (χ0v) is 13.4. The molecule has 0 radical (unpaired) electrons. The zero-order valence-electron chi connectivity index (χ0n) is 13.4. The number of benzene rings is 1. The fourth-order valence-electron chi connectivity index (χ4n) is 3.04. The number of ether oxygens (including phenoxy) is 1. The number of nitrogens with two attached hydrogens (primary N) is 1. The van der Waals surface area contributed by atoms with Crippen molar-refractivity contribution in [2.24, 2.45) is 0 Å². The Hall–Kier alpha value is -2.50. The second kappa shape index (κ2) is 6.32. The molecule has 6 heteroatoms. The minimum atomic E-state index is 0.0405. The molecule has 1 aromatic heterocycles. The Balaban J connectivity index is 1.66. The number of nitrogen functional groups attached to an aromatic ring is 1. The Bertz CT molecular complexity index is 703. The SMILES string of the molecule is COc1cccc(C(=O)N2CCC(c3noc(N)c3C)CC2)c1. The molecule has 2 aromatic rings. The molecule has 0 atom stereocenters. The van der Waals surface area contributed by atoms with Gasteiger partial charge in [0.2, 0.25) is 5.88 Å². The third kappa shape index (κ3) is 3.02. The monoisotopic (exact) mass is 315 g/mol. The van der Waals surface area contributed by atoms with Gasteiger partial charge in [-0.15, -0.1) is 0 Å². The van der Waals surface area contributed by atoms with E-state index in [1.807, 2.05) is 30.0 Å². The maximum Gasteiger partial charge on any atom is 0.253 e. The third-order valence-corrected chi connectivity index (χ3v) is 4.48. The number of methoxy groups -OCH3 is 1. The van der Waals surface area contributed by atoms with Crippen molar-refractivity contribution in [3.63, 3.8) is 0 Å². The Morgan fingerprint density at radius 1 is 1.39 bits per heavy atom. The summed E-state index contributed by atoms with van der Waals surface area (Å²) in [6, 6.07) is 7.26. The molecule has 2 heterocycles. The lowest BCUT2D eigenvalue weighted by atomic mass is 9.91. The fourth-order valence-corrected chi connectivity index (χ4v) is 3.04. The summed E-state index contributed by atoms with van der Waals surface area (Å²) in [6.07, 6.45) is 1.73. The van der Waals surface area contributed by atoms with E-state index in [4.69, 9.17) is 15.0 Å². The predicted octanol–water partition coefficient (Wildman–Crippen LogP) is 2.59. The number of amides is 1. The van der Waals surface area contributed by atoms with E-state index in [1.165, 1.54) is 0 Å². The third-order valence-electron chi connectivity index (χ3n) is 4.48. The van der Waals surface area contributed by atoms with Gasteiger partial charge in [0.15, 0.2) is 0 Å². The van der Waals surface area contributed by atoms with Crippen molar-refractivity contribution in [3.05, 3.63) is 41.1 Å². The van der Waals surface area contributed by atoms with Crippen LogP contribution in [0.5, 0.6) is 5.75 Å². The normalized spacial score (nSPS) is 15.7. The molecule has 6 nitrogen and oxygen atoms in total. The van der Waals surface area contributed by atoms with E-state index < -0.39 is 0 Å². The van der Waals surface area contributed by atoms with Crippen LogP contribution in [0.3, 0.4) is 0 Å². The van der Waals surface area contributed by atoms with E-state index in [9.17, 15) is 4.79 Å². The van der Waals surface area contributed by atoms with Crippen molar-refractivity contribution in [2.75, 3.05) is 25.9 Å². The van der Waals surface area contributed by atoms with Crippen molar-refractivity contribution in [1.82, 2.24) is 10.1 Å². The Labute approximate surface area is 135 Å². The molecule has 0 bridgehead atoms. The first-order chi connectivity index (χ1) is 11.1. The first-order valence-electron chi connectivity index (χ1n) is 7.75. The molecule has 1 aliphatic heterocycles. The molecule has 0 aliphatic carbocycles. The molecule has 1 saturated heterocycles. The summed E-state index contributed by atoms with van der Waals surface area (Å²) in [5.41, 5.74) is 8.22. The van der Waals surface area contributed by atoms with Crippen molar-refractivity contribution in [1.29, 1.82) is 0 Å². The molecule has 1 aromatic carbocycles. The average Bonchev–Trinajstić information content (AvgIpc) is 2.93. The van der Waals surface area contributed by atoms with Crippen LogP contribution < -0.4 is 10.5 Å². The Morgan fingerprint density at radius 3 is 2.74 bits per heavy atom. The summed E-state index contributed by atoms with van der Waals surface area (Å²) in [5, 5.41) is 4.07. The Kier molecular flexibility index (Phi) is 4.23. The molecule has 2 N–H and O–H groups in total. The van der Waals surface area contributed by atoms with Crippen LogP contribution in [0, 0.1) is 6.92 Å². The molecule has 3 rings (SSSR count). The molecule has 0 unspecified atom stereocenters. The second-order valence-electron chi connectivity index (χ2n) is 5.86. The summed E-state index contributed by atoms with van der Waals surface area (Å²) in [4.78, 5) is 14.5. The van der Waals surface area contributed by atoms with Crippen molar-refractivity contribution >= 4 is 11.8 Å². The number of likely N-dealkylation sites (tertiary alicyclic amines) is 1. The number of hydrogen-bond donors (Lipinski definition) is 1. The molecule has 0 saturated carbocycles. The van der Waals surface area contributed by atoms with Gasteiger partial charge >= 0.3 is 0 Å². The number of anilines is 1. The quantitative estimate of drug-likeness (QED) is 0.941. The summed E-state index contributed by atoms with van der Waals surface area (Å²) in [6.45, 7) is 3.33. The highest BCUT2D eigenvalue weighted by atomic mass is 16.5. The Morgan fingerprint density at radius 2 is 2.13 bits per heavy atom. The molecule has 1 amide bonds. The van der Waals surface area contributed by atoms with Crippen molar-refractivity contribution < 1.29 is 14.1 Å². The van der Waals surface area contributed by atoms with E-state index in [2.05, 4.69) is 5.16 Å². The van der Waals surface area contributed by atoms with Gasteiger partial charge in [0.1, 0.15) is 5.75 Å². The van der Waals surface area contributed by atoms with E-state index in [-0.39, 0.29) is 5.91 Å². The van der Waals surface area contributed by atoms with E-state index in [0.717, 1.165) is 24.1 Å². The number of carbonyl (C=O) groups is 1. The van der Waals surface area contributed by atoms with Crippen LogP contribution in [0.4, 0.5) is 5.88 Å². The summed E-state index contributed by atoms with van der Waals surface area (Å²) in [7, 11) is 1.60. The first kappa shape index (κ1) is 15.4. The van der Waals surface area contributed by atoms with Gasteiger partial charge in [-0.05, 0) is 38.0 Å². The van der Waals surface area contributed by atoms with Crippen LogP contribution in [0.1, 0.15) is 40.4 Å². The van der Waals surface area contributed by atoms with Crippen LogP contribution in [0.15, 0.2) is 28.8 Å². The number of piperidine rings is 1. The molecular formula is C17H21N3O3. The molecular weight excluding hydrogens is 294 g/mol. The van der Waals surface area contributed by atoms with E-state index >= 15 is 0 Å². The van der Waals surface area contributed by atoms with Gasteiger partial charge in [0.25, 0.3) is 5.91 Å². The smallest absolute Gasteiger partial charge is 0.253 e. The summed E-state index contributed by atoms with van der Waals surface area (Å²) < 4.78 is 10.2. The highest BCUT2D eigenvalue weighted by Crippen LogP contribution is 2.32. The van der Waals surface area contributed by atoms with Crippen LogP contribution >= 0.6 is 0 Å². The minimum absolute atomic E-state index is 0.0405. The maximum absolute atomic E-state index is 12.6. The molecule has 1 fully saturated rings. The molecule has 23 heavy (non-hydrogen) atoms. The average molecular weight is 315 g/mol. The number of hydrogen-bond acceptors (Lipinski definition) is 5. The number of nitrogens with zero attached hydrogens (tertiary/aromatic N) is 2. The van der Waals surface area contributed by atoms with Gasteiger partial charge in [0, 0.05) is 30.1 Å². The lowest BCUT2D eigenvalue weighted by Gasteiger charge is -2.31. The van der Waals surface area contributed by atoms with Gasteiger partial charge in [0.05, 0.1) is 12.8 Å². The van der Waals surface area contributed by atoms with Crippen LogP contribution in [0.2, 0.25) is 0 Å². The zero-order chi connectivity index (χ0) is 16.4. The largest absolute Gasteiger partial charge is 0.497 e. The van der Waals surface area contributed by atoms with Crippen LogP contribution in [-0.4, -0.2) is 36.2 Å². The highest BCUT2D eigenvalue weighted by Gasteiger charge is 2.28. The topological polar surface area (TPSA) is 81.6 Å². The van der Waals surface area contributed by atoms with Gasteiger partial charge in [-0.3, -0.25) is 4.79 Å². The lowest BCUT2D eigenvalue weighted by Crippen LogP contribution is -2.38. The molecule has 0 spiro atoms. The standard InChI is InChI=1S/C17H21N3O3/c1-11-15(19-23-16(11)18)12-6-8-20(9-7-12)17(21)13-4-3-5-14(10-13)22-2/h3-5,10,12H,6-9,18H2,1-2H3. The lowest BCUT2D eigenvalue weighted by molar-refractivity contribution is 0.0711. The number of rotatable bonds is 3. The summed E-state index contributed by atoms with van der Waals surface area (Å²) >= 11 is 0. The highest BCUT2D eigenvalue weighted by molar-refractivity contribution is 5.94. The fraction of sp³-hybridized carbons (Fsp3) is 0.412. The predicted molar refractivity (Wildman–Crippen MR) is 86.5 cm³/mol. The minimum Gasteiger partial charge on any atom is -0.497 e. The second-order valence-corrected chi connectivity index (χ2v) is 5.86. The van der Waals surface area contributed by atoms with Gasteiger partial charge in [-0.2, -0.15) is 0 Å². The van der Waals surface area contributed by atoms with Crippen molar-refractivity contribution in [2.45, 2.75) is 25.7 Å². The van der Waals surface area contributed by atoms with Crippen LogP contribution in [0.25, 0.3) is 0 Å². The van der Waals surface area contributed by atoms with Crippen LogP contribution in [-0.2, 0) is 0 Å². The van der Waals surface area contributed by atoms with Gasteiger partial charge in [-0.1, -0.05) is 11.2 Å². The molecule has 1 aliphatic rings. The van der Waals surface area contributed by atoms with Gasteiger partial charge in [-0.25, -0.2) is 0 Å². The first-order valence-corrected chi connectivity index (χ1v) is 7.75. The van der Waals surface area contributed by atoms with E-state index in [1.54, 1.807) is 13.2 Å². The number of carbonyl (C=O) groups excluding carboxylic acids is 1. The van der Waals surface area contributed by atoms with Gasteiger partial charge < -0.3 is 19.9 Å². The molecule has 122 valence electrons. The van der Waals surface area contributed by atoms with E-state index in [0.29, 0.717) is 36.2 Å².